The van der Waals surface area contributed by atoms with Gasteiger partial charge in [0.25, 0.3) is 0 Å². The van der Waals surface area contributed by atoms with Crippen LogP contribution < -0.4 is 10.6 Å². The smallest absolute Gasteiger partial charge is 0.191 e. The molecule has 3 rings (SSSR count). The fourth-order valence-electron chi connectivity index (χ4n) is 4.38. The molecule has 2 N–H and O–H groups in total. The van der Waals surface area contributed by atoms with Crippen LogP contribution in [0.5, 0.6) is 0 Å². The molecule has 1 aromatic carbocycles. The number of halogens is 1. The average molecular weight is 540 g/mol. The normalized spacial score (nSPS) is 19.6. The van der Waals surface area contributed by atoms with Crippen LogP contribution in [-0.4, -0.2) is 42.0 Å². The van der Waals surface area contributed by atoms with E-state index in [9.17, 15) is 0 Å². The minimum absolute atomic E-state index is 0. The second-order valence-corrected chi connectivity index (χ2v) is 9.26. The second kappa shape index (κ2) is 11.3. The Morgan fingerprint density at radius 2 is 1.90 bits per heavy atom. The standard InChI is InChI=1S/C24H37N5O.HI/c1-17-21(18(2)29(28-17)20-12-8-7-9-13-20)16-27-23(25-6)26-15-19-11-10-14-30-22(19)24(3,4)5;/h7-9,12-13,19,22H,10-11,14-16H2,1-6H3,(H2,25,26,27);1H. The van der Waals surface area contributed by atoms with Gasteiger partial charge in [0.1, 0.15) is 0 Å². The Morgan fingerprint density at radius 3 is 2.55 bits per heavy atom. The number of rotatable bonds is 5. The molecule has 0 radical (unpaired) electrons. The summed E-state index contributed by atoms with van der Waals surface area (Å²) >= 11 is 0. The first-order chi connectivity index (χ1) is 14.3. The summed E-state index contributed by atoms with van der Waals surface area (Å²) in [4.78, 5) is 4.43. The molecule has 2 heterocycles. The van der Waals surface area contributed by atoms with Crippen molar-refractivity contribution in [2.45, 2.75) is 60.1 Å². The maximum atomic E-state index is 6.12. The molecule has 1 aliphatic heterocycles. The first kappa shape index (κ1) is 25.6. The zero-order chi connectivity index (χ0) is 21.7. The van der Waals surface area contributed by atoms with Crippen molar-refractivity contribution < 1.29 is 4.74 Å². The highest BCUT2D eigenvalue weighted by atomic mass is 127. The predicted octanol–water partition coefficient (Wildman–Crippen LogP) is 4.61. The van der Waals surface area contributed by atoms with Gasteiger partial charge in [0, 0.05) is 43.9 Å². The van der Waals surface area contributed by atoms with Crippen molar-refractivity contribution in [1.82, 2.24) is 20.4 Å². The van der Waals surface area contributed by atoms with Crippen LogP contribution in [0.1, 0.15) is 50.6 Å². The van der Waals surface area contributed by atoms with Gasteiger partial charge in [0.05, 0.1) is 17.5 Å². The van der Waals surface area contributed by atoms with Crippen LogP contribution in [-0.2, 0) is 11.3 Å². The number of hydrogen-bond donors (Lipinski definition) is 2. The number of ether oxygens (including phenoxy) is 1. The Morgan fingerprint density at radius 1 is 1.19 bits per heavy atom. The fraction of sp³-hybridized carbons (Fsp3) is 0.583. The number of aryl methyl sites for hydroxylation is 1. The van der Waals surface area contributed by atoms with Crippen molar-refractivity contribution >= 4 is 29.9 Å². The molecule has 2 atom stereocenters. The summed E-state index contributed by atoms with van der Waals surface area (Å²) in [6.07, 6.45) is 2.58. The van der Waals surface area contributed by atoms with Crippen LogP contribution in [0.15, 0.2) is 35.3 Å². The maximum Gasteiger partial charge on any atom is 0.191 e. The quantitative estimate of drug-likeness (QED) is 0.331. The molecule has 0 spiro atoms. The largest absolute Gasteiger partial charge is 0.377 e. The van der Waals surface area contributed by atoms with Gasteiger partial charge >= 0.3 is 0 Å². The summed E-state index contributed by atoms with van der Waals surface area (Å²) in [5, 5.41) is 11.7. The van der Waals surface area contributed by atoms with E-state index in [4.69, 9.17) is 9.84 Å². The monoisotopic (exact) mass is 539 g/mol. The highest BCUT2D eigenvalue weighted by Gasteiger charge is 2.35. The van der Waals surface area contributed by atoms with E-state index in [1.54, 1.807) is 0 Å². The molecule has 31 heavy (non-hydrogen) atoms. The summed E-state index contributed by atoms with van der Waals surface area (Å²) in [5.74, 6) is 1.31. The van der Waals surface area contributed by atoms with Crippen molar-refractivity contribution in [3.8, 4) is 5.69 Å². The third-order valence-corrected chi connectivity index (χ3v) is 5.93. The van der Waals surface area contributed by atoms with E-state index < -0.39 is 0 Å². The zero-order valence-electron chi connectivity index (χ0n) is 19.7. The number of benzene rings is 1. The molecular weight excluding hydrogens is 501 g/mol. The number of hydrogen-bond acceptors (Lipinski definition) is 3. The molecule has 1 saturated heterocycles. The van der Waals surface area contributed by atoms with Crippen LogP contribution in [0, 0.1) is 25.2 Å². The van der Waals surface area contributed by atoms with E-state index in [0.717, 1.165) is 42.6 Å². The molecule has 2 unspecified atom stereocenters. The van der Waals surface area contributed by atoms with Gasteiger partial charge in [-0.05, 0) is 44.2 Å². The lowest BCUT2D eigenvalue weighted by molar-refractivity contribution is -0.0835. The summed E-state index contributed by atoms with van der Waals surface area (Å²) < 4.78 is 8.12. The van der Waals surface area contributed by atoms with Crippen LogP contribution in [0.25, 0.3) is 5.69 Å². The van der Waals surface area contributed by atoms with Crippen LogP contribution in [0.3, 0.4) is 0 Å². The lowest BCUT2D eigenvalue weighted by atomic mass is 9.78. The highest BCUT2D eigenvalue weighted by molar-refractivity contribution is 14.0. The number of para-hydroxylation sites is 1. The van der Waals surface area contributed by atoms with Crippen molar-refractivity contribution in [1.29, 1.82) is 0 Å². The average Bonchev–Trinajstić information content (AvgIpc) is 3.02. The first-order valence-corrected chi connectivity index (χ1v) is 11.0. The molecule has 2 aromatic rings. The van der Waals surface area contributed by atoms with Crippen LogP contribution in [0.2, 0.25) is 0 Å². The summed E-state index contributed by atoms with van der Waals surface area (Å²) in [5.41, 5.74) is 4.61. The molecule has 6 nitrogen and oxygen atoms in total. The molecule has 0 saturated carbocycles. The molecule has 0 bridgehead atoms. The van der Waals surface area contributed by atoms with E-state index in [-0.39, 0.29) is 35.5 Å². The number of guanidine groups is 1. The number of nitrogens with one attached hydrogen (secondary N) is 2. The van der Waals surface area contributed by atoms with Crippen molar-refractivity contribution in [3.63, 3.8) is 0 Å². The molecule has 1 aromatic heterocycles. The number of aliphatic imine (C=N–C) groups is 1. The number of nitrogens with zero attached hydrogens (tertiary/aromatic N) is 3. The summed E-state index contributed by atoms with van der Waals surface area (Å²) in [6, 6.07) is 10.3. The third kappa shape index (κ3) is 6.44. The van der Waals surface area contributed by atoms with Gasteiger partial charge < -0.3 is 15.4 Å². The maximum absolute atomic E-state index is 6.12. The molecule has 1 aliphatic rings. The zero-order valence-corrected chi connectivity index (χ0v) is 22.1. The number of aromatic nitrogens is 2. The molecule has 7 heteroatoms. The summed E-state index contributed by atoms with van der Waals surface area (Å²) in [7, 11) is 1.82. The Bertz CT molecular complexity index is 857. The van der Waals surface area contributed by atoms with Crippen LogP contribution in [0.4, 0.5) is 0 Å². The minimum Gasteiger partial charge on any atom is -0.377 e. The van der Waals surface area contributed by atoms with Gasteiger partial charge in [0.2, 0.25) is 0 Å². The van der Waals surface area contributed by atoms with Gasteiger partial charge in [-0.1, -0.05) is 39.0 Å². The lowest BCUT2D eigenvalue weighted by Crippen LogP contribution is -2.47. The van der Waals surface area contributed by atoms with Gasteiger partial charge in [-0.15, -0.1) is 24.0 Å². The molecule has 1 fully saturated rings. The highest BCUT2D eigenvalue weighted by Crippen LogP contribution is 2.33. The van der Waals surface area contributed by atoms with Crippen molar-refractivity contribution in [2.75, 3.05) is 20.2 Å². The lowest BCUT2D eigenvalue weighted by Gasteiger charge is -2.40. The van der Waals surface area contributed by atoms with Crippen molar-refractivity contribution in [2.24, 2.45) is 16.3 Å². The predicted molar refractivity (Wildman–Crippen MR) is 139 cm³/mol. The van der Waals surface area contributed by atoms with E-state index in [1.807, 2.05) is 29.9 Å². The Labute approximate surface area is 204 Å². The molecule has 172 valence electrons. The first-order valence-electron chi connectivity index (χ1n) is 11.0. The van der Waals surface area contributed by atoms with Gasteiger partial charge in [-0.3, -0.25) is 4.99 Å². The van der Waals surface area contributed by atoms with Gasteiger partial charge in [-0.2, -0.15) is 5.10 Å². The second-order valence-electron chi connectivity index (χ2n) is 9.26. The fourth-order valence-corrected chi connectivity index (χ4v) is 4.38. The Balaban J connectivity index is 0.00000341. The summed E-state index contributed by atoms with van der Waals surface area (Å²) in [6.45, 7) is 13.4. The van der Waals surface area contributed by atoms with E-state index >= 15 is 0 Å². The molecule has 0 aliphatic carbocycles. The van der Waals surface area contributed by atoms with Crippen molar-refractivity contribution in [3.05, 3.63) is 47.3 Å². The Kier molecular flexibility index (Phi) is 9.36. The van der Waals surface area contributed by atoms with E-state index in [2.05, 4.69) is 62.4 Å². The van der Waals surface area contributed by atoms with E-state index in [0.29, 0.717) is 12.5 Å². The van der Waals surface area contributed by atoms with E-state index in [1.165, 1.54) is 12.0 Å². The molecule has 0 amide bonds. The van der Waals surface area contributed by atoms with Crippen LogP contribution >= 0.6 is 24.0 Å². The SMILES string of the molecule is CN=C(NCc1c(C)nn(-c2ccccc2)c1C)NCC1CCCOC1C(C)(C)C.I. The Hall–Kier alpha value is -1.61. The topological polar surface area (TPSA) is 63.5 Å². The minimum atomic E-state index is 0. The third-order valence-electron chi connectivity index (χ3n) is 5.93. The molecular formula is C24H38IN5O. The van der Waals surface area contributed by atoms with Gasteiger partial charge in [-0.25, -0.2) is 4.68 Å². The van der Waals surface area contributed by atoms with Gasteiger partial charge in [0.15, 0.2) is 5.96 Å².